The number of anilines is 1. The van der Waals surface area contributed by atoms with Gasteiger partial charge in [0.2, 0.25) is 5.91 Å². The number of benzene rings is 2. The van der Waals surface area contributed by atoms with Crippen molar-refractivity contribution in [2.75, 3.05) is 5.32 Å². The lowest BCUT2D eigenvalue weighted by Gasteiger charge is -2.18. The Morgan fingerprint density at radius 1 is 1.00 bits per heavy atom. The molecule has 0 radical (unpaired) electrons. The summed E-state index contributed by atoms with van der Waals surface area (Å²) in [5.74, 6) is -0.950. The van der Waals surface area contributed by atoms with Crippen molar-refractivity contribution >= 4 is 28.4 Å². The topological polar surface area (TPSA) is 98.9 Å². The Kier molecular flexibility index (Phi) is 8.34. The molecule has 8 nitrogen and oxygen atoms in total. The largest absolute Gasteiger partial charge is 0.315 e. The van der Waals surface area contributed by atoms with E-state index in [0.29, 0.717) is 29.7 Å². The van der Waals surface area contributed by atoms with Crippen LogP contribution in [0, 0.1) is 25.6 Å². The van der Waals surface area contributed by atoms with Gasteiger partial charge in [-0.3, -0.25) is 23.9 Å². The molecule has 0 aliphatic heterocycles. The molecule has 0 fully saturated rings. The van der Waals surface area contributed by atoms with E-state index in [9.17, 15) is 18.8 Å². The fourth-order valence-corrected chi connectivity index (χ4v) is 5.10. The fraction of sp³-hybridized carbons (Fsp3) is 0.265. The molecule has 1 N–H and O–H groups in total. The normalized spacial score (nSPS) is 12.0. The van der Waals surface area contributed by atoms with Crippen LogP contribution in [0.4, 0.5) is 10.2 Å². The maximum atomic E-state index is 13.9. The molecule has 0 aliphatic carbocycles. The van der Waals surface area contributed by atoms with Gasteiger partial charge < -0.3 is 9.88 Å². The van der Waals surface area contributed by atoms with Crippen LogP contribution >= 0.6 is 0 Å². The number of hydrogen-bond acceptors (Lipinski definition) is 5. The smallest absolute Gasteiger partial charge is 0.294 e. The summed E-state index contributed by atoms with van der Waals surface area (Å²) in [6.07, 6.45) is 7.85. The third-order valence-electron chi connectivity index (χ3n) is 7.88. The summed E-state index contributed by atoms with van der Waals surface area (Å²) in [6.45, 7) is 9.46. The second kappa shape index (κ2) is 12.1. The predicted molar refractivity (Wildman–Crippen MR) is 166 cm³/mol. The highest BCUT2D eigenvalue weighted by Gasteiger charge is 2.19. The van der Waals surface area contributed by atoms with Gasteiger partial charge >= 0.3 is 0 Å². The van der Waals surface area contributed by atoms with Crippen molar-refractivity contribution in [2.45, 2.75) is 54.0 Å². The van der Waals surface area contributed by atoms with Gasteiger partial charge in [-0.25, -0.2) is 9.37 Å². The van der Waals surface area contributed by atoms with Crippen molar-refractivity contribution in [1.29, 1.82) is 0 Å². The number of aromatic nitrogens is 4. The average molecular weight is 580 g/mol. The fourth-order valence-electron chi connectivity index (χ4n) is 5.10. The number of halogens is 1. The molecule has 0 bridgehead atoms. The number of rotatable bonds is 9. The van der Waals surface area contributed by atoms with Crippen LogP contribution < -0.4 is 10.9 Å². The van der Waals surface area contributed by atoms with Crippen LogP contribution in [-0.4, -0.2) is 30.8 Å². The Morgan fingerprint density at radius 3 is 2.53 bits per heavy atom. The highest BCUT2D eigenvalue weighted by atomic mass is 19.1. The lowest BCUT2D eigenvalue weighted by molar-refractivity contribution is -0.119. The van der Waals surface area contributed by atoms with Gasteiger partial charge in [-0.2, -0.15) is 0 Å². The standard InChI is InChI=1S/C34H34FN5O3/c1-6-20(3)33(42)38-32-34(43)40(30(17-37-32)27-13-24(31(41)7-2)9-8-21(27)4)19-23-12-26(16-36-15-23)39-18-22(5)28-14-25(35)10-11-29(28)39/h8-18,20H,6-7,19H2,1-5H3,(H,37,38,42)/t20-/m1/s1. The molecular weight excluding hydrogens is 545 g/mol. The number of amides is 1. The van der Waals surface area contributed by atoms with Gasteiger partial charge in [-0.15, -0.1) is 0 Å². The number of hydrogen-bond donors (Lipinski definition) is 1. The summed E-state index contributed by atoms with van der Waals surface area (Å²) in [5, 5.41) is 3.50. The van der Waals surface area contributed by atoms with E-state index < -0.39 is 5.56 Å². The van der Waals surface area contributed by atoms with E-state index in [4.69, 9.17) is 0 Å². The molecule has 5 rings (SSSR count). The van der Waals surface area contributed by atoms with Crippen LogP contribution in [0.5, 0.6) is 0 Å². The zero-order valence-electron chi connectivity index (χ0n) is 24.9. The van der Waals surface area contributed by atoms with Crippen LogP contribution in [-0.2, 0) is 11.3 Å². The van der Waals surface area contributed by atoms with Crippen molar-refractivity contribution in [2.24, 2.45) is 5.92 Å². The minimum atomic E-state index is -0.469. The van der Waals surface area contributed by atoms with Crippen LogP contribution in [0.2, 0.25) is 0 Å². The maximum Gasteiger partial charge on any atom is 0.294 e. The van der Waals surface area contributed by atoms with E-state index >= 15 is 0 Å². The van der Waals surface area contributed by atoms with Gasteiger partial charge in [-0.05, 0) is 67.3 Å². The summed E-state index contributed by atoms with van der Waals surface area (Å²) >= 11 is 0. The quantitative estimate of drug-likeness (QED) is 0.198. The number of nitrogens with zero attached hydrogens (tertiary/aromatic N) is 4. The molecule has 0 saturated heterocycles. The molecule has 43 heavy (non-hydrogen) atoms. The SMILES string of the molecule is CCC(=O)c1ccc(C)c(-c2cnc(NC(=O)[C@H](C)CC)c(=O)n2Cc2cncc(-n3cc(C)c4cc(F)ccc43)c2)c1. The first kappa shape index (κ1) is 29.6. The molecule has 0 spiro atoms. The van der Waals surface area contributed by atoms with Gasteiger partial charge in [0.05, 0.1) is 35.8 Å². The Balaban J connectivity index is 1.63. The minimum Gasteiger partial charge on any atom is -0.315 e. The summed E-state index contributed by atoms with van der Waals surface area (Å²) in [7, 11) is 0. The number of Topliss-reactive ketones (excluding diaryl/α,β-unsaturated/α-hetero) is 1. The molecule has 3 aromatic heterocycles. The van der Waals surface area contributed by atoms with E-state index in [1.54, 1.807) is 55.2 Å². The zero-order valence-corrected chi connectivity index (χ0v) is 24.9. The number of carbonyl (C=O) groups excluding carboxylic acids is 2. The Morgan fingerprint density at radius 2 is 1.79 bits per heavy atom. The summed E-state index contributed by atoms with van der Waals surface area (Å²) in [6, 6.07) is 12.0. The van der Waals surface area contributed by atoms with Crippen molar-refractivity contribution in [3.05, 3.63) is 106 Å². The number of aryl methyl sites for hydroxylation is 2. The Hall–Kier alpha value is -4.92. The van der Waals surface area contributed by atoms with Crippen LogP contribution in [0.25, 0.3) is 27.8 Å². The molecule has 1 amide bonds. The molecule has 9 heteroatoms. The predicted octanol–water partition coefficient (Wildman–Crippen LogP) is 6.63. The summed E-state index contributed by atoms with van der Waals surface area (Å²) in [5.41, 5.74) is 5.39. The van der Waals surface area contributed by atoms with Gasteiger partial charge in [0.1, 0.15) is 5.82 Å². The highest BCUT2D eigenvalue weighted by Crippen LogP contribution is 2.28. The van der Waals surface area contributed by atoms with Gasteiger partial charge in [0.15, 0.2) is 11.6 Å². The monoisotopic (exact) mass is 579 g/mol. The third kappa shape index (κ3) is 5.88. The molecule has 0 saturated carbocycles. The maximum absolute atomic E-state index is 13.9. The molecule has 220 valence electrons. The van der Waals surface area contributed by atoms with Crippen molar-refractivity contribution in [3.8, 4) is 16.9 Å². The van der Waals surface area contributed by atoms with Crippen LogP contribution in [0.15, 0.2) is 72.0 Å². The molecule has 0 aliphatic rings. The second-order valence-corrected chi connectivity index (χ2v) is 10.9. The first-order valence-electron chi connectivity index (χ1n) is 14.4. The van der Waals surface area contributed by atoms with Crippen LogP contribution in [0.3, 0.4) is 0 Å². The van der Waals surface area contributed by atoms with E-state index in [2.05, 4.69) is 15.3 Å². The molecule has 1 atom stereocenters. The molecule has 0 unspecified atom stereocenters. The van der Waals surface area contributed by atoms with Crippen LogP contribution in [0.1, 0.15) is 60.7 Å². The summed E-state index contributed by atoms with van der Waals surface area (Å²) in [4.78, 5) is 48.0. The number of nitrogens with one attached hydrogen (secondary N) is 1. The number of ketones is 1. The van der Waals surface area contributed by atoms with Crippen molar-refractivity contribution in [3.63, 3.8) is 0 Å². The number of fused-ring (bicyclic) bond motifs is 1. The zero-order chi connectivity index (χ0) is 30.8. The first-order valence-corrected chi connectivity index (χ1v) is 14.4. The number of pyridine rings is 1. The third-order valence-corrected chi connectivity index (χ3v) is 7.88. The van der Waals surface area contributed by atoms with E-state index in [-0.39, 0.29) is 35.8 Å². The molecule has 5 aromatic rings. The van der Waals surface area contributed by atoms with E-state index in [1.807, 2.05) is 43.7 Å². The van der Waals surface area contributed by atoms with Crippen molar-refractivity contribution < 1.29 is 14.0 Å². The van der Waals surface area contributed by atoms with E-state index in [0.717, 1.165) is 33.3 Å². The molecule has 2 aromatic carbocycles. The Labute approximate surface area is 249 Å². The van der Waals surface area contributed by atoms with Gasteiger partial charge in [0.25, 0.3) is 5.56 Å². The van der Waals surface area contributed by atoms with E-state index in [1.165, 1.54) is 12.1 Å². The minimum absolute atomic E-state index is 0.00781. The molecular formula is C34H34FN5O3. The average Bonchev–Trinajstić information content (AvgIpc) is 3.34. The number of carbonyl (C=O) groups is 2. The van der Waals surface area contributed by atoms with Gasteiger partial charge in [-0.1, -0.05) is 32.9 Å². The highest BCUT2D eigenvalue weighted by molar-refractivity contribution is 5.97. The Bertz CT molecular complexity index is 1920. The lowest BCUT2D eigenvalue weighted by Crippen LogP contribution is -2.30. The lowest BCUT2D eigenvalue weighted by atomic mass is 9.99. The van der Waals surface area contributed by atoms with Crippen molar-refractivity contribution in [1.82, 2.24) is 19.1 Å². The van der Waals surface area contributed by atoms with Gasteiger partial charge in [0, 0.05) is 41.2 Å². The summed E-state index contributed by atoms with van der Waals surface area (Å²) < 4.78 is 17.4. The second-order valence-electron chi connectivity index (χ2n) is 10.9. The molecule has 3 heterocycles. The first-order chi connectivity index (χ1) is 20.6.